The van der Waals surface area contributed by atoms with Gasteiger partial charge in [-0.25, -0.2) is 0 Å². The van der Waals surface area contributed by atoms with Crippen LogP contribution in [0.3, 0.4) is 0 Å². The summed E-state index contributed by atoms with van der Waals surface area (Å²) in [6, 6.07) is 13.2. The van der Waals surface area contributed by atoms with Crippen LogP contribution in [0.5, 0.6) is 11.5 Å². The van der Waals surface area contributed by atoms with Crippen LogP contribution in [0.1, 0.15) is 34.6 Å². The molecule has 0 aliphatic carbocycles. The average Bonchev–Trinajstić information content (AvgIpc) is 2.78. The zero-order valence-electron chi connectivity index (χ0n) is 15.5. The molecule has 0 saturated carbocycles. The van der Waals surface area contributed by atoms with Crippen LogP contribution in [0.4, 0.5) is 0 Å². The molecule has 0 N–H and O–H groups in total. The Hall–Kier alpha value is -3.15. The van der Waals surface area contributed by atoms with Gasteiger partial charge in [-0.2, -0.15) is 0 Å². The van der Waals surface area contributed by atoms with E-state index in [0.29, 0.717) is 17.1 Å². The van der Waals surface area contributed by atoms with Crippen LogP contribution in [0.2, 0.25) is 0 Å². The topological polar surface area (TPSA) is 72.9 Å². The van der Waals surface area contributed by atoms with E-state index in [2.05, 4.69) is 0 Å². The summed E-state index contributed by atoms with van der Waals surface area (Å²) in [6.07, 6.45) is -0.832. The number of para-hydroxylation sites is 1. The molecule has 2 aromatic carbocycles. The zero-order chi connectivity index (χ0) is 19.6. The van der Waals surface area contributed by atoms with Gasteiger partial charge in [0.05, 0.1) is 19.2 Å². The summed E-state index contributed by atoms with van der Waals surface area (Å²) in [5.41, 5.74) is 0.674. The van der Waals surface area contributed by atoms with Crippen molar-refractivity contribution in [2.75, 3.05) is 13.7 Å². The number of carbonyl (C=O) groups is 3. The second-order valence-corrected chi connectivity index (χ2v) is 6.66. The second kappa shape index (κ2) is 7.61. The van der Waals surface area contributed by atoms with E-state index in [1.54, 1.807) is 48.5 Å². The van der Waals surface area contributed by atoms with E-state index < -0.39 is 17.9 Å². The maximum Gasteiger partial charge on any atom is 0.271 e. The van der Waals surface area contributed by atoms with Gasteiger partial charge < -0.3 is 9.47 Å². The highest BCUT2D eigenvalue weighted by molar-refractivity contribution is 6.12. The number of hydrogen-bond acceptors (Lipinski definition) is 5. The first-order chi connectivity index (χ1) is 12.9. The van der Waals surface area contributed by atoms with Crippen LogP contribution in [-0.4, -0.2) is 42.3 Å². The first-order valence-electron chi connectivity index (χ1n) is 8.71. The summed E-state index contributed by atoms with van der Waals surface area (Å²) in [5.74, 6) is -0.547. The van der Waals surface area contributed by atoms with Gasteiger partial charge in [0, 0.05) is 5.56 Å². The molecule has 0 bridgehead atoms. The Morgan fingerprint density at radius 1 is 1.11 bits per heavy atom. The number of rotatable bonds is 5. The molecule has 27 heavy (non-hydrogen) atoms. The lowest BCUT2D eigenvalue weighted by atomic mass is 10.1. The maximum absolute atomic E-state index is 12.9. The van der Waals surface area contributed by atoms with Crippen LogP contribution in [0.15, 0.2) is 48.5 Å². The fraction of sp³-hybridized carbons (Fsp3) is 0.286. The van der Waals surface area contributed by atoms with E-state index in [9.17, 15) is 14.4 Å². The number of ketones is 1. The molecule has 2 amide bonds. The van der Waals surface area contributed by atoms with E-state index in [1.807, 2.05) is 13.8 Å². The number of carbonyl (C=O) groups excluding carboxylic acids is 3. The van der Waals surface area contributed by atoms with E-state index >= 15 is 0 Å². The first kappa shape index (κ1) is 18.6. The van der Waals surface area contributed by atoms with Crippen LogP contribution < -0.4 is 9.47 Å². The van der Waals surface area contributed by atoms with Crippen LogP contribution >= 0.6 is 0 Å². The van der Waals surface area contributed by atoms with Gasteiger partial charge in [-0.1, -0.05) is 26.0 Å². The van der Waals surface area contributed by atoms with E-state index in [0.717, 1.165) is 4.90 Å². The molecule has 0 fully saturated rings. The smallest absolute Gasteiger partial charge is 0.271 e. The van der Waals surface area contributed by atoms with Gasteiger partial charge in [0.1, 0.15) is 11.5 Å². The summed E-state index contributed by atoms with van der Waals surface area (Å²) < 4.78 is 10.9. The highest BCUT2D eigenvalue weighted by Crippen LogP contribution is 2.28. The molecule has 0 radical (unpaired) electrons. The molecule has 1 aliphatic rings. The summed E-state index contributed by atoms with van der Waals surface area (Å²) in [7, 11) is 1.54. The molecular formula is C21H21NO5. The summed E-state index contributed by atoms with van der Waals surface area (Å²) >= 11 is 0. The van der Waals surface area contributed by atoms with Crippen molar-refractivity contribution in [2.24, 2.45) is 5.92 Å². The van der Waals surface area contributed by atoms with Crippen molar-refractivity contribution in [3.05, 3.63) is 59.7 Å². The van der Waals surface area contributed by atoms with Gasteiger partial charge in [-0.15, -0.1) is 0 Å². The molecule has 1 aliphatic heterocycles. The molecule has 1 heterocycles. The lowest BCUT2D eigenvalue weighted by Crippen LogP contribution is -2.47. The van der Waals surface area contributed by atoms with Crippen molar-refractivity contribution < 1.29 is 23.9 Å². The van der Waals surface area contributed by atoms with Crippen molar-refractivity contribution in [3.8, 4) is 11.5 Å². The summed E-state index contributed by atoms with van der Waals surface area (Å²) in [6.45, 7) is 3.33. The molecule has 3 rings (SSSR count). The summed E-state index contributed by atoms with van der Waals surface area (Å²) in [4.78, 5) is 39.5. The zero-order valence-corrected chi connectivity index (χ0v) is 15.5. The normalized spacial score (nSPS) is 16.6. The Morgan fingerprint density at radius 3 is 2.41 bits per heavy atom. The molecule has 0 spiro atoms. The molecular weight excluding hydrogens is 346 g/mol. The van der Waals surface area contributed by atoms with Crippen molar-refractivity contribution in [3.63, 3.8) is 0 Å². The molecule has 1 atom stereocenters. The number of amides is 2. The number of hydrogen-bond donors (Lipinski definition) is 0. The number of nitrogens with zero attached hydrogens (tertiary/aromatic N) is 1. The van der Waals surface area contributed by atoms with Gasteiger partial charge in [-0.3, -0.25) is 19.3 Å². The highest BCUT2D eigenvalue weighted by atomic mass is 16.5. The Morgan fingerprint density at radius 2 is 1.78 bits per heavy atom. The molecule has 0 saturated heterocycles. The molecule has 6 nitrogen and oxygen atoms in total. The molecule has 6 heteroatoms. The number of benzene rings is 2. The number of imide groups is 1. The van der Waals surface area contributed by atoms with Crippen LogP contribution in [0.25, 0.3) is 0 Å². The largest absolute Gasteiger partial charge is 0.497 e. The van der Waals surface area contributed by atoms with Crippen LogP contribution in [0, 0.1) is 5.92 Å². The molecule has 0 aromatic heterocycles. The lowest BCUT2D eigenvalue weighted by Gasteiger charge is -2.24. The predicted molar refractivity (Wildman–Crippen MR) is 99.1 cm³/mol. The number of methoxy groups -OCH3 is 1. The minimum atomic E-state index is -0.832. The van der Waals surface area contributed by atoms with Crippen molar-refractivity contribution in [1.29, 1.82) is 0 Å². The minimum Gasteiger partial charge on any atom is -0.497 e. The monoisotopic (exact) mass is 367 g/mol. The highest BCUT2D eigenvalue weighted by Gasteiger charge is 2.38. The van der Waals surface area contributed by atoms with E-state index in [1.165, 1.54) is 7.11 Å². The lowest BCUT2D eigenvalue weighted by molar-refractivity contribution is -0.136. The number of ether oxygens (including phenoxy) is 2. The van der Waals surface area contributed by atoms with Gasteiger partial charge >= 0.3 is 0 Å². The Bertz CT molecular complexity index is 872. The minimum absolute atomic E-state index is 0.157. The quantitative estimate of drug-likeness (QED) is 0.600. The number of Topliss-reactive ketones (excluding diaryl/α,β-unsaturated/α-hetero) is 1. The Kier molecular flexibility index (Phi) is 5.26. The SMILES string of the molecule is COc1ccc(C(=O)CN2C(=O)c3ccccc3O[C@H](C(C)C)C2=O)cc1. The fourth-order valence-electron chi connectivity index (χ4n) is 2.92. The second-order valence-electron chi connectivity index (χ2n) is 6.66. The van der Waals surface area contributed by atoms with Crippen molar-refractivity contribution in [1.82, 2.24) is 4.90 Å². The van der Waals surface area contributed by atoms with Crippen LogP contribution in [-0.2, 0) is 4.79 Å². The molecule has 140 valence electrons. The first-order valence-corrected chi connectivity index (χ1v) is 8.71. The van der Waals surface area contributed by atoms with Gasteiger partial charge in [0.15, 0.2) is 11.9 Å². The molecule has 0 unspecified atom stereocenters. The fourth-order valence-corrected chi connectivity index (χ4v) is 2.92. The number of fused-ring (bicyclic) bond motifs is 1. The standard InChI is InChI=1S/C21H21NO5/c1-13(2)19-21(25)22(20(24)16-6-4-5-7-18(16)27-19)12-17(23)14-8-10-15(26-3)11-9-14/h4-11,13,19H,12H2,1-3H3/t19-/m1/s1. The van der Waals surface area contributed by atoms with E-state index in [4.69, 9.17) is 9.47 Å². The maximum atomic E-state index is 12.9. The van der Waals surface area contributed by atoms with Crippen molar-refractivity contribution >= 4 is 17.6 Å². The third-order valence-electron chi connectivity index (χ3n) is 4.45. The van der Waals surface area contributed by atoms with Gasteiger partial charge in [0.2, 0.25) is 0 Å². The van der Waals surface area contributed by atoms with Crippen molar-refractivity contribution in [2.45, 2.75) is 20.0 Å². The third-order valence-corrected chi connectivity index (χ3v) is 4.45. The average molecular weight is 367 g/mol. The van der Waals surface area contributed by atoms with Gasteiger partial charge in [0.25, 0.3) is 11.8 Å². The summed E-state index contributed by atoms with van der Waals surface area (Å²) in [5, 5.41) is 0. The molecule has 2 aromatic rings. The third kappa shape index (κ3) is 3.69. The Balaban J connectivity index is 1.92. The Labute approximate surface area is 157 Å². The predicted octanol–water partition coefficient (Wildman–Crippen LogP) is 2.96. The van der Waals surface area contributed by atoms with Gasteiger partial charge in [-0.05, 0) is 42.3 Å². The van der Waals surface area contributed by atoms with E-state index in [-0.39, 0.29) is 23.8 Å².